The number of carbonyl (C=O) groups is 3. The fourth-order valence-corrected chi connectivity index (χ4v) is 14.8. The number of benzene rings is 7. The summed E-state index contributed by atoms with van der Waals surface area (Å²) >= 11 is 48.4. The first-order chi connectivity index (χ1) is 56.1. The van der Waals surface area contributed by atoms with Crippen LogP contribution in [0.2, 0.25) is 35.2 Å². The molecule has 7 aromatic carbocycles. The quantitative estimate of drug-likeness (QED) is 0.0444. The molecule has 7 heterocycles. The molecule has 5 aromatic heterocycles. The zero-order valence-corrected chi connectivity index (χ0v) is 100.0. The Morgan fingerprint density at radius 1 is 0.484 bits per heavy atom. The van der Waals surface area contributed by atoms with E-state index < -0.39 is 81.7 Å². The van der Waals surface area contributed by atoms with Crippen molar-refractivity contribution in [3.63, 3.8) is 0 Å². The van der Waals surface area contributed by atoms with Gasteiger partial charge in [0, 0.05) is 250 Å². The number of hydrogen-bond donors (Lipinski definition) is 6. The largest absolute Gasteiger partial charge is 0.480 e. The van der Waals surface area contributed by atoms with Gasteiger partial charge in [-0.1, -0.05) is 88.6 Å². The molecule has 2 saturated carbocycles. The van der Waals surface area contributed by atoms with E-state index in [1.165, 1.54) is 116 Å². The molecule has 16 rings (SSSR count). The Hall–Kier alpha value is -3.49. The minimum atomic E-state index is -1.03. The van der Waals surface area contributed by atoms with E-state index in [-0.39, 0.29) is 301 Å². The number of aliphatic hydroxyl groups is 1. The molecule has 0 bridgehead atoms. The first-order valence-corrected chi connectivity index (χ1v) is 39.5. The van der Waals surface area contributed by atoms with Crippen LogP contribution < -0.4 is 33.2 Å². The fourth-order valence-electron chi connectivity index (χ4n) is 12.1. The summed E-state index contributed by atoms with van der Waals surface area (Å²) in [6.45, 7) is 10.4. The number of aliphatic carboxylic acids is 1. The number of hydrogen-bond acceptors (Lipinski definition) is 19. The van der Waals surface area contributed by atoms with Gasteiger partial charge in [0.25, 0.3) is 11.1 Å². The van der Waals surface area contributed by atoms with E-state index in [1.807, 2.05) is 6.07 Å². The average Bonchev–Trinajstić information content (AvgIpc) is 1.56. The number of amides is 2. The summed E-state index contributed by atoms with van der Waals surface area (Å²) < 4.78 is 112. The second kappa shape index (κ2) is 51.3. The number of tetrazole rings is 3. The zero-order valence-electron chi connectivity index (χ0n) is 65.0. The predicted octanol–water partition coefficient (Wildman–Crippen LogP) is 20.1. The molecule has 12 aromatic rings. The number of pyridine rings is 2. The van der Waals surface area contributed by atoms with Crippen molar-refractivity contribution in [2.75, 3.05) is 28.7 Å². The third-order valence-electron chi connectivity index (χ3n) is 17.4. The number of carboxylic acids is 1. The number of aliphatic hydroxyl groups excluding tert-OH is 1. The van der Waals surface area contributed by atoms with E-state index in [2.05, 4.69) is 105 Å². The molecule has 8 N–H and O–H groups in total. The predicted molar refractivity (Wildman–Crippen MR) is 450 cm³/mol. The Balaban J connectivity index is 0.000000388. The topological polar surface area (TPSA) is 361 Å². The normalized spacial score (nSPS) is 15.1. The van der Waals surface area contributed by atoms with Crippen molar-refractivity contribution >= 4 is 170 Å². The number of rotatable bonds is 9. The number of anilines is 4. The molecule has 50 heteroatoms. The summed E-state index contributed by atoms with van der Waals surface area (Å²) in [6.07, 6.45) is 4.39. The Kier molecular flexibility index (Phi) is 47.5. The standard InChI is InChI=1S/C17H11ClFN5O3.C17H13ClFN5O2.C11H12BrClFNO2.C11H13ClFNO2.C7H3BrClFN4.C6H4BrClFN.C6H5ClFN.CH4.6U/c18-10-1-2-11(23-6-20-21-22-23)14(15(10)19)7-3-12-8-5-9(8)16(17(26)27)24(12)13(25)4-7;18-11-1-2-12(23-7-20-21-22-23)16(17(11)19)8-3-13-9-5-10(9)14(6-25)24(13)15(26)4-8;1-11(2,3)17-10(16)15-7-5-4-6(13)9(14)8(7)12;1-11(2,3)16-10(15)14-7-4-5-8(12)9(13)6-7;8-6-5(14-3-11-12-13-14)2-1-4(9)7(6)10;7-5-4(10)2-1-3(8)6(5)9;7-5-2-1-4(9)3-6(5)8;;;;;;;/h1-4,6,8-9,16H,5H2,(H,26,27);1-4,7,9-10,14,25H,5-6H2;4-5H,1-3H3,(H,15,16);4-6H,1-3H3,(H,14,15);1-3H;1-2H,10H2;1-3H,9H2;1H4;;;;;;/t8-,9+,16+;9-,10+,14-;;;;;;;;;;;;/m11............/s1. The Morgan fingerprint density at radius 2 is 0.865 bits per heavy atom. The molecular formula is C76H65Br3Cl7F7N18O9U6. The van der Waals surface area contributed by atoms with Gasteiger partial charge in [-0.3, -0.25) is 24.8 Å². The maximum atomic E-state index is 14.9. The fraction of sp³-hybridized carbons (Fsp3) is 0.237. The Morgan fingerprint density at radius 3 is 1.29 bits per heavy atom. The summed E-state index contributed by atoms with van der Waals surface area (Å²) in [5, 5.41) is 56.4. The van der Waals surface area contributed by atoms with Crippen molar-refractivity contribution in [3.05, 3.63) is 262 Å². The molecule has 6 atom stereocenters. The average molecular weight is 3420 g/mol. The van der Waals surface area contributed by atoms with Crippen LogP contribution in [0.4, 0.5) is 63.1 Å². The number of carboxylic acid groups (broad SMARTS) is 1. The van der Waals surface area contributed by atoms with Crippen molar-refractivity contribution in [2.45, 2.75) is 96.9 Å². The minimum Gasteiger partial charge on any atom is -0.480 e. The summed E-state index contributed by atoms with van der Waals surface area (Å²) in [4.78, 5) is 59.7. The molecule has 27 nitrogen and oxygen atoms in total. The first-order valence-electron chi connectivity index (χ1n) is 34.4. The monoisotopic (exact) mass is 3420 g/mol. The van der Waals surface area contributed by atoms with Gasteiger partial charge in [0.1, 0.15) is 47.9 Å². The van der Waals surface area contributed by atoms with E-state index in [0.29, 0.717) is 57.4 Å². The maximum Gasteiger partial charge on any atom is 0.412 e. The molecule has 2 amide bonds. The van der Waals surface area contributed by atoms with Crippen LogP contribution in [-0.4, -0.2) is 116 Å². The molecule has 126 heavy (non-hydrogen) atoms. The summed E-state index contributed by atoms with van der Waals surface area (Å²) in [7, 11) is 0. The zero-order chi connectivity index (χ0) is 87.1. The van der Waals surface area contributed by atoms with E-state index >= 15 is 0 Å². The Bertz CT molecular complexity index is 5930. The van der Waals surface area contributed by atoms with Gasteiger partial charge in [-0.25, -0.2) is 45.1 Å². The van der Waals surface area contributed by atoms with Crippen molar-refractivity contribution in [3.8, 4) is 39.3 Å². The molecule has 656 valence electrons. The second-order valence-electron chi connectivity index (χ2n) is 27.8. The van der Waals surface area contributed by atoms with Crippen LogP contribution in [0.5, 0.6) is 0 Å². The van der Waals surface area contributed by atoms with Crippen LogP contribution in [0.15, 0.2) is 163 Å². The number of nitrogens with zero attached hydrogens (tertiary/aromatic N) is 14. The van der Waals surface area contributed by atoms with Crippen LogP contribution in [-0.2, 0) is 14.3 Å². The van der Waals surface area contributed by atoms with Crippen LogP contribution in [0, 0.1) is 239 Å². The van der Waals surface area contributed by atoms with Gasteiger partial charge in [0.05, 0.1) is 84.0 Å². The van der Waals surface area contributed by atoms with Gasteiger partial charge < -0.3 is 35.7 Å². The van der Waals surface area contributed by atoms with E-state index in [9.17, 15) is 64.9 Å². The number of aromatic nitrogens is 14. The number of fused-ring (bicyclic) bond motifs is 6. The number of halogens is 17. The van der Waals surface area contributed by atoms with E-state index in [4.69, 9.17) is 102 Å². The minimum absolute atomic E-state index is 0. The molecule has 0 radical (unpaired) electrons. The maximum absolute atomic E-state index is 14.9. The van der Waals surface area contributed by atoms with Crippen molar-refractivity contribution in [2.24, 2.45) is 11.8 Å². The number of nitrogens with two attached hydrogens (primary N) is 2. The Labute approximate surface area is 916 Å². The van der Waals surface area contributed by atoms with Crippen molar-refractivity contribution in [1.82, 2.24) is 69.8 Å². The number of carbonyl (C=O) groups excluding carboxylic acids is 2. The molecule has 0 saturated heterocycles. The van der Waals surface area contributed by atoms with Gasteiger partial charge in [0.2, 0.25) is 0 Å². The van der Waals surface area contributed by atoms with Crippen molar-refractivity contribution < 1.29 is 251 Å². The van der Waals surface area contributed by atoms with Crippen LogP contribution in [0.1, 0.15) is 97.1 Å². The molecule has 4 aliphatic rings. The van der Waals surface area contributed by atoms with Gasteiger partial charge in [-0.15, -0.1) is 15.3 Å². The second-order valence-corrected chi connectivity index (χ2v) is 33.0. The van der Waals surface area contributed by atoms with E-state index in [1.54, 1.807) is 76.4 Å². The molecule has 0 spiro atoms. The molecular weight excluding hydrogens is 3360 g/mol. The van der Waals surface area contributed by atoms with Gasteiger partial charge in [-0.05, 0) is 266 Å². The van der Waals surface area contributed by atoms with Gasteiger partial charge in [-0.2, -0.15) is 14.0 Å². The third-order valence-corrected chi connectivity index (χ3v) is 21.8. The third kappa shape index (κ3) is 29.8. The van der Waals surface area contributed by atoms with Crippen molar-refractivity contribution in [1.29, 1.82) is 0 Å². The van der Waals surface area contributed by atoms with Gasteiger partial charge in [0.15, 0.2) is 29.1 Å². The SMILES string of the molecule is C.CC(C)(C)OC(=O)Nc1ccc(Cl)c(F)c1.CC(C)(C)OC(=O)Nc1ccc(Cl)c(F)c1Br.Fc1c(Cl)ccc(-n2cnnn2)c1Br.Nc1ccc(Cl)c(F)c1.Nc1ccc(Cl)c(F)c1Br.O=C(O)[C@@H]1[C@H]2C[C@H]2c2cc(-c3c(-n4cnnn4)ccc(Cl)c3F)cc(=O)n21.O=c1cc(-c2c(-n3cnnn3)ccc(Cl)c2F)cc2n1[C@H](CO)[C@H]1C[C@@H]21.[U].[U].[U].[U].[U].[U]. The molecule has 0 unspecified atom stereocenters. The van der Waals surface area contributed by atoms with Crippen LogP contribution in [0.25, 0.3) is 39.3 Å². The molecule has 2 aliphatic heterocycles. The molecule has 2 fully saturated rings. The number of ether oxygens (including phenoxy) is 2. The number of nitrogens with one attached hydrogen (secondary N) is 2. The summed E-state index contributed by atoms with van der Waals surface area (Å²) in [5.74, 6) is -4.66. The van der Waals surface area contributed by atoms with Gasteiger partial charge >= 0.3 is 18.2 Å². The van der Waals surface area contributed by atoms with Crippen LogP contribution >= 0.6 is 129 Å². The summed E-state index contributed by atoms with van der Waals surface area (Å²) in [5.41, 5.74) is 13.6. The number of nitrogen functional groups attached to an aromatic ring is 2. The van der Waals surface area contributed by atoms with Crippen LogP contribution in [0.3, 0.4) is 0 Å². The smallest absolute Gasteiger partial charge is 0.412 e. The first kappa shape index (κ1) is 117. The summed E-state index contributed by atoms with van der Waals surface area (Å²) in [6, 6.07) is 28.0. The molecule has 2 aliphatic carbocycles. The van der Waals surface area contributed by atoms with E-state index in [0.717, 1.165) is 18.2 Å².